The molecular formula is C9H6FN3. The maximum atomic E-state index is 13.2. The van der Waals surface area contributed by atoms with Gasteiger partial charge in [-0.1, -0.05) is 0 Å². The molecule has 0 aliphatic carbocycles. The number of nitriles is 1. The fourth-order valence-corrected chi connectivity index (χ4v) is 1.27. The van der Waals surface area contributed by atoms with E-state index in [1.54, 1.807) is 13.0 Å². The molecule has 2 rings (SSSR count). The molecule has 1 aromatic carbocycles. The van der Waals surface area contributed by atoms with Gasteiger partial charge in [0.2, 0.25) is 0 Å². The lowest BCUT2D eigenvalue weighted by Crippen LogP contribution is -1.81. The second-order valence-corrected chi connectivity index (χ2v) is 2.80. The Kier molecular flexibility index (Phi) is 1.52. The van der Waals surface area contributed by atoms with Gasteiger partial charge in [0.15, 0.2) is 0 Å². The smallest absolute Gasteiger partial charge is 0.150 e. The minimum absolute atomic E-state index is 0.314. The minimum atomic E-state index is -0.436. The molecule has 0 amide bonds. The van der Waals surface area contributed by atoms with Gasteiger partial charge in [-0.3, -0.25) is 5.10 Å². The zero-order chi connectivity index (χ0) is 9.42. The molecular weight excluding hydrogens is 169 g/mol. The number of hydrogen-bond donors (Lipinski definition) is 1. The van der Waals surface area contributed by atoms with Gasteiger partial charge in [-0.25, -0.2) is 4.39 Å². The molecule has 0 saturated carbocycles. The molecule has 0 aliphatic heterocycles. The number of fused-ring (bicyclic) bond motifs is 1. The second kappa shape index (κ2) is 2.56. The van der Waals surface area contributed by atoms with Crippen LogP contribution in [0.3, 0.4) is 0 Å². The molecule has 64 valence electrons. The number of H-pyrrole nitrogens is 1. The van der Waals surface area contributed by atoms with Gasteiger partial charge in [-0.2, -0.15) is 10.4 Å². The molecule has 1 heterocycles. The van der Waals surface area contributed by atoms with Crippen LogP contribution in [-0.2, 0) is 0 Å². The molecule has 0 atom stereocenters. The monoisotopic (exact) mass is 175 g/mol. The average Bonchev–Trinajstić information content (AvgIpc) is 2.48. The van der Waals surface area contributed by atoms with Crippen LogP contribution in [0.25, 0.3) is 10.9 Å². The summed E-state index contributed by atoms with van der Waals surface area (Å²) in [5, 5.41) is 15.7. The summed E-state index contributed by atoms with van der Waals surface area (Å²) >= 11 is 0. The predicted molar refractivity (Wildman–Crippen MR) is 45.5 cm³/mol. The molecule has 1 N–H and O–H groups in total. The van der Waals surface area contributed by atoms with Crippen LogP contribution in [0.4, 0.5) is 4.39 Å². The van der Waals surface area contributed by atoms with E-state index in [1.165, 1.54) is 6.07 Å². The normalized spacial score (nSPS) is 10.2. The van der Waals surface area contributed by atoms with E-state index < -0.39 is 5.82 Å². The third kappa shape index (κ3) is 1.05. The highest BCUT2D eigenvalue weighted by atomic mass is 19.1. The van der Waals surface area contributed by atoms with E-state index >= 15 is 0 Å². The van der Waals surface area contributed by atoms with Gasteiger partial charge in [0.05, 0.1) is 17.3 Å². The number of halogens is 1. The number of nitrogens with one attached hydrogen (secondary N) is 1. The van der Waals surface area contributed by atoms with Crippen molar-refractivity contribution in [3.05, 3.63) is 29.2 Å². The first-order chi connectivity index (χ1) is 6.22. The van der Waals surface area contributed by atoms with Gasteiger partial charge in [0.1, 0.15) is 11.3 Å². The second-order valence-electron chi connectivity index (χ2n) is 2.80. The Morgan fingerprint density at radius 3 is 3.00 bits per heavy atom. The van der Waals surface area contributed by atoms with Crippen LogP contribution in [0, 0.1) is 24.1 Å². The van der Waals surface area contributed by atoms with Crippen molar-refractivity contribution in [2.24, 2.45) is 0 Å². The first-order valence-corrected chi connectivity index (χ1v) is 3.76. The molecule has 3 nitrogen and oxygen atoms in total. The number of aromatic amines is 1. The topological polar surface area (TPSA) is 52.5 Å². The van der Waals surface area contributed by atoms with Crippen molar-refractivity contribution in [1.82, 2.24) is 10.2 Å². The highest BCUT2D eigenvalue weighted by Crippen LogP contribution is 2.19. The van der Waals surface area contributed by atoms with E-state index in [-0.39, 0.29) is 0 Å². The van der Waals surface area contributed by atoms with Crippen molar-refractivity contribution >= 4 is 10.9 Å². The molecule has 0 unspecified atom stereocenters. The fourth-order valence-electron chi connectivity index (χ4n) is 1.27. The number of aromatic nitrogens is 2. The van der Waals surface area contributed by atoms with E-state index in [1.807, 2.05) is 6.07 Å². The Morgan fingerprint density at radius 2 is 2.31 bits per heavy atom. The van der Waals surface area contributed by atoms with E-state index in [9.17, 15) is 4.39 Å². The van der Waals surface area contributed by atoms with E-state index in [0.717, 1.165) is 0 Å². The van der Waals surface area contributed by atoms with Crippen molar-refractivity contribution in [1.29, 1.82) is 5.26 Å². The third-order valence-corrected chi connectivity index (χ3v) is 1.94. The maximum absolute atomic E-state index is 13.2. The van der Waals surface area contributed by atoms with Crippen LogP contribution < -0.4 is 0 Å². The number of rotatable bonds is 0. The largest absolute Gasteiger partial charge is 0.275 e. The summed E-state index contributed by atoms with van der Waals surface area (Å²) < 4.78 is 13.2. The zero-order valence-electron chi connectivity index (χ0n) is 6.93. The molecule has 0 spiro atoms. The summed E-state index contributed by atoms with van der Waals surface area (Å²) in [5.74, 6) is -0.436. The molecule has 13 heavy (non-hydrogen) atoms. The summed E-state index contributed by atoms with van der Waals surface area (Å²) in [6.07, 6.45) is 0. The Bertz CT molecular complexity index is 507. The average molecular weight is 175 g/mol. The highest BCUT2D eigenvalue weighted by molar-refractivity contribution is 5.83. The lowest BCUT2D eigenvalue weighted by Gasteiger charge is -1.93. The van der Waals surface area contributed by atoms with Crippen molar-refractivity contribution in [2.75, 3.05) is 0 Å². The van der Waals surface area contributed by atoms with E-state index in [4.69, 9.17) is 5.26 Å². The summed E-state index contributed by atoms with van der Waals surface area (Å²) in [6.45, 7) is 1.76. The van der Waals surface area contributed by atoms with E-state index in [0.29, 0.717) is 22.2 Å². The van der Waals surface area contributed by atoms with Gasteiger partial charge in [-0.15, -0.1) is 0 Å². The van der Waals surface area contributed by atoms with Crippen LogP contribution in [0.5, 0.6) is 0 Å². The first kappa shape index (κ1) is 7.74. The molecule has 0 fully saturated rings. The molecule has 0 radical (unpaired) electrons. The highest BCUT2D eigenvalue weighted by Gasteiger charge is 2.07. The fraction of sp³-hybridized carbons (Fsp3) is 0.111. The summed E-state index contributed by atoms with van der Waals surface area (Å²) in [7, 11) is 0. The van der Waals surface area contributed by atoms with Crippen LogP contribution in [0.1, 0.15) is 11.3 Å². The molecule has 0 aliphatic rings. The SMILES string of the molecule is Cc1n[nH]c2c(F)cc(C#N)cc12. The van der Waals surface area contributed by atoms with E-state index in [2.05, 4.69) is 10.2 Å². The number of hydrogen-bond acceptors (Lipinski definition) is 2. The van der Waals surface area contributed by atoms with Crippen molar-refractivity contribution < 1.29 is 4.39 Å². The van der Waals surface area contributed by atoms with Crippen molar-refractivity contribution in [2.45, 2.75) is 6.92 Å². The van der Waals surface area contributed by atoms with Crippen LogP contribution >= 0.6 is 0 Å². The molecule has 0 bridgehead atoms. The number of benzene rings is 1. The lowest BCUT2D eigenvalue weighted by molar-refractivity contribution is 0.636. The third-order valence-electron chi connectivity index (χ3n) is 1.94. The number of aryl methyl sites for hydroxylation is 1. The molecule has 2 aromatic rings. The quantitative estimate of drug-likeness (QED) is 0.664. The minimum Gasteiger partial charge on any atom is -0.275 e. The van der Waals surface area contributed by atoms with Crippen LogP contribution in [0.2, 0.25) is 0 Å². The van der Waals surface area contributed by atoms with Crippen LogP contribution in [0.15, 0.2) is 12.1 Å². The predicted octanol–water partition coefficient (Wildman–Crippen LogP) is 1.88. The summed E-state index contributed by atoms with van der Waals surface area (Å²) in [6, 6.07) is 4.71. The first-order valence-electron chi connectivity index (χ1n) is 3.76. The van der Waals surface area contributed by atoms with Crippen molar-refractivity contribution in [3.63, 3.8) is 0 Å². The standard InChI is InChI=1S/C9H6FN3/c1-5-7-2-6(4-11)3-8(10)9(7)13-12-5/h2-3H,1H3,(H,12,13). The van der Waals surface area contributed by atoms with Crippen molar-refractivity contribution in [3.8, 4) is 6.07 Å². The zero-order valence-corrected chi connectivity index (χ0v) is 6.93. The maximum Gasteiger partial charge on any atom is 0.150 e. The number of nitrogens with zero attached hydrogens (tertiary/aromatic N) is 2. The Hall–Kier alpha value is -1.89. The van der Waals surface area contributed by atoms with Gasteiger partial charge < -0.3 is 0 Å². The summed E-state index contributed by atoms with van der Waals surface area (Å²) in [4.78, 5) is 0. The van der Waals surface area contributed by atoms with Gasteiger partial charge in [-0.05, 0) is 19.1 Å². The molecule has 0 saturated heterocycles. The Morgan fingerprint density at radius 1 is 1.54 bits per heavy atom. The van der Waals surface area contributed by atoms with Gasteiger partial charge >= 0.3 is 0 Å². The lowest BCUT2D eigenvalue weighted by atomic mass is 10.1. The van der Waals surface area contributed by atoms with Gasteiger partial charge in [0, 0.05) is 5.39 Å². The van der Waals surface area contributed by atoms with Crippen LogP contribution in [-0.4, -0.2) is 10.2 Å². The summed E-state index contributed by atoms with van der Waals surface area (Å²) in [5.41, 5.74) is 1.37. The van der Waals surface area contributed by atoms with Gasteiger partial charge in [0.25, 0.3) is 0 Å². The molecule has 1 aromatic heterocycles. The molecule has 4 heteroatoms. The Labute approximate surface area is 73.8 Å². The Balaban J connectivity index is 2.90.